The summed E-state index contributed by atoms with van der Waals surface area (Å²) in [6.07, 6.45) is 5.59. The molecule has 4 heterocycles. The number of ether oxygens (including phenoxy) is 1. The highest BCUT2D eigenvalue weighted by Crippen LogP contribution is 2.25. The van der Waals surface area contributed by atoms with E-state index in [0.29, 0.717) is 67.7 Å². The Balaban J connectivity index is 1.31. The molecule has 0 atom stereocenters. The maximum absolute atomic E-state index is 12.2. The summed E-state index contributed by atoms with van der Waals surface area (Å²) in [7, 11) is 1.62. The van der Waals surface area contributed by atoms with E-state index in [1.165, 1.54) is 6.33 Å². The zero-order valence-electron chi connectivity index (χ0n) is 20.4. The number of pyridine rings is 2. The monoisotopic (exact) mass is 494 g/mol. The zero-order valence-corrected chi connectivity index (χ0v) is 20.4. The van der Waals surface area contributed by atoms with Crippen LogP contribution in [0.15, 0.2) is 55.1 Å². The Kier molecular flexibility index (Phi) is 7.14. The second-order valence-electron chi connectivity index (χ2n) is 8.52. The van der Waals surface area contributed by atoms with Crippen molar-refractivity contribution in [3.63, 3.8) is 0 Å². The summed E-state index contributed by atoms with van der Waals surface area (Å²) in [5.41, 5.74) is 4.38. The van der Waals surface area contributed by atoms with E-state index in [1.54, 1.807) is 25.5 Å². The standard InChI is InChI=1S/C27H26N8O2/c1-29-27(36)22-6-8-31-25-18(3-2-4-21(22)25)5-7-30-24-14-23(33-17-34-24)20-13-19(15-28)26(32-16-20)35-9-11-37-12-10-35/h2-4,6,8,13-14,16-17H,5,7,9-12H2,1H3,(H,29,36)(H,30,33,34). The van der Waals surface area contributed by atoms with Gasteiger partial charge in [0.25, 0.3) is 5.91 Å². The molecule has 1 fully saturated rings. The SMILES string of the molecule is CNC(=O)c1ccnc2c(CCNc3cc(-c4cnc(N5CCOCC5)c(C#N)c4)ncn3)cccc12. The Morgan fingerprint density at radius 2 is 2.00 bits per heavy atom. The van der Waals surface area contributed by atoms with Gasteiger partial charge in [-0.15, -0.1) is 0 Å². The molecule has 10 heteroatoms. The van der Waals surface area contributed by atoms with E-state index >= 15 is 0 Å². The number of carbonyl (C=O) groups excluding carboxylic acids is 1. The number of anilines is 2. The minimum absolute atomic E-state index is 0.136. The van der Waals surface area contributed by atoms with Gasteiger partial charge in [0, 0.05) is 56.1 Å². The van der Waals surface area contributed by atoms with Crippen molar-refractivity contribution in [1.82, 2.24) is 25.3 Å². The fraction of sp³-hybridized carbons (Fsp3) is 0.259. The van der Waals surface area contributed by atoms with Crippen molar-refractivity contribution in [2.75, 3.05) is 50.1 Å². The molecule has 0 aliphatic carbocycles. The number of nitrogens with zero attached hydrogens (tertiary/aromatic N) is 6. The van der Waals surface area contributed by atoms with Crippen molar-refractivity contribution < 1.29 is 9.53 Å². The van der Waals surface area contributed by atoms with Gasteiger partial charge in [0.1, 0.15) is 24.0 Å². The van der Waals surface area contributed by atoms with Gasteiger partial charge in [-0.1, -0.05) is 18.2 Å². The van der Waals surface area contributed by atoms with Crippen molar-refractivity contribution in [3.05, 3.63) is 71.8 Å². The third kappa shape index (κ3) is 5.17. The number of hydrogen-bond donors (Lipinski definition) is 2. The summed E-state index contributed by atoms with van der Waals surface area (Å²) in [5.74, 6) is 1.20. The van der Waals surface area contributed by atoms with E-state index in [2.05, 4.69) is 41.5 Å². The Bertz CT molecular complexity index is 1480. The molecule has 0 spiro atoms. The van der Waals surface area contributed by atoms with Gasteiger partial charge >= 0.3 is 0 Å². The topological polar surface area (TPSA) is 129 Å². The van der Waals surface area contributed by atoms with Crippen LogP contribution < -0.4 is 15.5 Å². The lowest BCUT2D eigenvalue weighted by Crippen LogP contribution is -2.37. The minimum Gasteiger partial charge on any atom is -0.378 e. The van der Waals surface area contributed by atoms with E-state index in [9.17, 15) is 10.1 Å². The average Bonchev–Trinajstić information content (AvgIpc) is 2.97. The van der Waals surface area contributed by atoms with E-state index in [4.69, 9.17) is 4.74 Å². The molecule has 37 heavy (non-hydrogen) atoms. The lowest BCUT2D eigenvalue weighted by Gasteiger charge is -2.28. The van der Waals surface area contributed by atoms with Crippen molar-refractivity contribution in [3.8, 4) is 17.3 Å². The number of fused-ring (bicyclic) bond motifs is 1. The van der Waals surface area contributed by atoms with Crippen LogP contribution in [0, 0.1) is 11.3 Å². The molecule has 186 valence electrons. The van der Waals surface area contributed by atoms with Gasteiger partial charge in [0.05, 0.1) is 35.6 Å². The Morgan fingerprint density at radius 3 is 2.81 bits per heavy atom. The molecule has 0 saturated carbocycles. The first-order chi connectivity index (χ1) is 18.2. The molecule has 4 aromatic rings. The molecular formula is C27H26N8O2. The number of nitriles is 1. The van der Waals surface area contributed by atoms with Gasteiger partial charge in [0.2, 0.25) is 0 Å². The highest BCUT2D eigenvalue weighted by molar-refractivity contribution is 6.06. The number of carbonyl (C=O) groups is 1. The van der Waals surface area contributed by atoms with Gasteiger partial charge in [-0.3, -0.25) is 9.78 Å². The molecule has 5 rings (SSSR count). The predicted octanol–water partition coefficient (Wildman–Crippen LogP) is 2.81. The van der Waals surface area contributed by atoms with Gasteiger partial charge in [-0.25, -0.2) is 15.0 Å². The van der Waals surface area contributed by atoms with Crippen LogP contribution in [0.3, 0.4) is 0 Å². The number of rotatable bonds is 7. The van der Waals surface area contributed by atoms with Crippen molar-refractivity contribution in [2.45, 2.75) is 6.42 Å². The van der Waals surface area contributed by atoms with Crippen LogP contribution in [0.1, 0.15) is 21.5 Å². The molecule has 1 aliphatic heterocycles. The first-order valence-corrected chi connectivity index (χ1v) is 12.1. The van der Waals surface area contributed by atoms with Crippen LogP contribution >= 0.6 is 0 Å². The second kappa shape index (κ2) is 11.0. The molecule has 1 aliphatic rings. The molecular weight excluding hydrogens is 468 g/mol. The summed E-state index contributed by atoms with van der Waals surface area (Å²) in [5, 5.41) is 16.6. The zero-order chi connectivity index (χ0) is 25.6. The van der Waals surface area contributed by atoms with Crippen LogP contribution in [-0.2, 0) is 11.2 Å². The quantitative estimate of drug-likeness (QED) is 0.398. The average molecular weight is 495 g/mol. The lowest BCUT2D eigenvalue weighted by atomic mass is 10.0. The number of benzene rings is 1. The predicted molar refractivity (Wildman–Crippen MR) is 140 cm³/mol. The molecule has 0 unspecified atom stereocenters. The Morgan fingerprint density at radius 1 is 1.14 bits per heavy atom. The summed E-state index contributed by atoms with van der Waals surface area (Å²) in [6.45, 7) is 3.28. The van der Waals surface area contributed by atoms with E-state index in [-0.39, 0.29) is 5.91 Å². The highest BCUT2D eigenvalue weighted by Gasteiger charge is 2.17. The van der Waals surface area contributed by atoms with Crippen LogP contribution in [0.2, 0.25) is 0 Å². The Labute approximate surface area is 214 Å². The van der Waals surface area contributed by atoms with Crippen molar-refractivity contribution in [1.29, 1.82) is 5.26 Å². The van der Waals surface area contributed by atoms with Crippen LogP contribution in [-0.4, -0.2) is 65.7 Å². The minimum atomic E-state index is -0.136. The number of hydrogen-bond acceptors (Lipinski definition) is 9. The van der Waals surface area contributed by atoms with E-state index < -0.39 is 0 Å². The second-order valence-corrected chi connectivity index (χ2v) is 8.52. The van der Waals surface area contributed by atoms with Crippen molar-refractivity contribution >= 4 is 28.4 Å². The molecule has 3 aromatic heterocycles. The lowest BCUT2D eigenvalue weighted by molar-refractivity contribution is 0.0964. The smallest absolute Gasteiger partial charge is 0.251 e. The number of aromatic nitrogens is 4. The molecule has 10 nitrogen and oxygen atoms in total. The largest absolute Gasteiger partial charge is 0.378 e. The van der Waals surface area contributed by atoms with Gasteiger partial charge in [0.15, 0.2) is 0 Å². The number of nitrogens with one attached hydrogen (secondary N) is 2. The maximum Gasteiger partial charge on any atom is 0.251 e. The summed E-state index contributed by atoms with van der Waals surface area (Å²) in [4.78, 5) is 32.1. The van der Waals surface area contributed by atoms with E-state index in [0.717, 1.165) is 22.0 Å². The molecule has 0 bridgehead atoms. The normalized spacial score (nSPS) is 13.2. The number of para-hydroxylation sites is 1. The van der Waals surface area contributed by atoms with Gasteiger partial charge < -0.3 is 20.3 Å². The highest BCUT2D eigenvalue weighted by atomic mass is 16.5. The van der Waals surface area contributed by atoms with Crippen LogP contribution in [0.5, 0.6) is 0 Å². The van der Waals surface area contributed by atoms with Crippen molar-refractivity contribution in [2.24, 2.45) is 0 Å². The number of amides is 1. The number of morpholine rings is 1. The third-order valence-corrected chi connectivity index (χ3v) is 6.29. The Hall–Kier alpha value is -4.62. The maximum atomic E-state index is 12.2. The molecule has 0 radical (unpaired) electrons. The molecule has 1 aromatic carbocycles. The summed E-state index contributed by atoms with van der Waals surface area (Å²) >= 11 is 0. The van der Waals surface area contributed by atoms with E-state index in [1.807, 2.05) is 30.3 Å². The first-order valence-electron chi connectivity index (χ1n) is 12.1. The molecule has 1 amide bonds. The summed E-state index contributed by atoms with van der Waals surface area (Å²) in [6, 6.07) is 13.5. The summed E-state index contributed by atoms with van der Waals surface area (Å²) < 4.78 is 5.41. The first kappa shape index (κ1) is 24.1. The molecule has 2 N–H and O–H groups in total. The van der Waals surface area contributed by atoms with Crippen LogP contribution in [0.25, 0.3) is 22.2 Å². The third-order valence-electron chi connectivity index (χ3n) is 6.29. The fourth-order valence-electron chi connectivity index (χ4n) is 4.42. The van der Waals surface area contributed by atoms with Gasteiger partial charge in [-0.05, 0) is 24.1 Å². The van der Waals surface area contributed by atoms with Gasteiger partial charge in [-0.2, -0.15) is 5.26 Å². The molecule has 1 saturated heterocycles. The fourth-order valence-corrected chi connectivity index (χ4v) is 4.42. The van der Waals surface area contributed by atoms with Crippen LogP contribution in [0.4, 0.5) is 11.6 Å².